The highest BCUT2D eigenvalue weighted by Gasteiger charge is 2.40. The number of benzene rings is 1. The number of methoxy groups -OCH3 is 1. The monoisotopic (exact) mass is 311 g/mol. The second kappa shape index (κ2) is 5.95. The van der Waals surface area contributed by atoms with E-state index in [0.29, 0.717) is 18.4 Å². The Morgan fingerprint density at radius 2 is 2.05 bits per heavy atom. The third kappa shape index (κ3) is 2.98. The first-order valence-electron chi connectivity index (χ1n) is 6.58. The van der Waals surface area contributed by atoms with Gasteiger partial charge in [0.15, 0.2) is 5.78 Å². The summed E-state index contributed by atoms with van der Waals surface area (Å²) < 4.78 is 31.1. The Labute approximate surface area is 123 Å². The maximum Gasteiger partial charge on any atom is 0.324 e. The average molecular weight is 311 g/mol. The van der Waals surface area contributed by atoms with Crippen molar-refractivity contribution in [2.75, 3.05) is 13.7 Å². The van der Waals surface area contributed by atoms with E-state index in [9.17, 15) is 18.0 Å². The van der Waals surface area contributed by atoms with E-state index in [1.54, 1.807) is 6.07 Å². The van der Waals surface area contributed by atoms with Crippen molar-refractivity contribution >= 4 is 21.8 Å². The molecule has 1 aromatic carbocycles. The van der Waals surface area contributed by atoms with Gasteiger partial charge in [0, 0.05) is 12.1 Å². The fraction of sp³-hybridized carbons (Fsp3) is 0.429. The topological polar surface area (TPSA) is 80.8 Å². The number of hydrogen-bond donors (Lipinski definition) is 0. The largest absolute Gasteiger partial charge is 0.468 e. The Morgan fingerprint density at radius 1 is 1.33 bits per heavy atom. The van der Waals surface area contributed by atoms with E-state index in [1.165, 1.54) is 32.2 Å². The van der Waals surface area contributed by atoms with Gasteiger partial charge in [-0.1, -0.05) is 12.1 Å². The van der Waals surface area contributed by atoms with Gasteiger partial charge in [0.25, 0.3) is 0 Å². The maximum atomic E-state index is 12.6. The fourth-order valence-corrected chi connectivity index (χ4v) is 4.10. The van der Waals surface area contributed by atoms with E-state index >= 15 is 0 Å². The third-order valence-corrected chi connectivity index (χ3v) is 5.43. The van der Waals surface area contributed by atoms with Gasteiger partial charge in [-0.05, 0) is 31.9 Å². The average Bonchev–Trinajstić information content (AvgIpc) is 2.96. The zero-order chi connectivity index (χ0) is 15.6. The van der Waals surface area contributed by atoms with Crippen LogP contribution in [0, 0.1) is 0 Å². The van der Waals surface area contributed by atoms with Gasteiger partial charge in [-0.3, -0.25) is 9.59 Å². The Kier molecular flexibility index (Phi) is 4.43. The summed E-state index contributed by atoms with van der Waals surface area (Å²) in [5, 5.41) is 0. The number of sulfonamides is 1. The highest BCUT2D eigenvalue weighted by atomic mass is 32.2. The second-order valence-corrected chi connectivity index (χ2v) is 6.77. The predicted octanol–water partition coefficient (Wildman–Crippen LogP) is 1.22. The first-order valence-corrected chi connectivity index (χ1v) is 8.02. The molecular weight excluding hydrogens is 294 g/mol. The third-order valence-electron chi connectivity index (χ3n) is 3.52. The highest BCUT2D eigenvalue weighted by Crippen LogP contribution is 2.27. The summed E-state index contributed by atoms with van der Waals surface area (Å²) in [7, 11) is -2.58. The quantitative estimate of drug-likeness (QED) is 0.617. The summed E-state index contributed by atoms with van der Waals surface area (Å²) in [4.78, 5) is 23.1. The van der Waals surface area contributed by atoms with Crippen LogP contribution < -0.4 is 0 Å². The van der Waals surface area contributed by atoms with Gasteiger partial charge >= 0.3 is 5.97 Å². The minimum absolute atomic E-state index is 0.0194. The van der Waals surface area contributed by atoms with E-state index in [2.05, 4.69) is 4.74 Å². The van der Waals surface area contributed by atoms with Crippen LogP contribution in [0.1, 0.15) is 30.1 Å². The molecule has 0 N–H and O–H groups in total. The number of carbonyl (C=O) groups excluding carboxylic acids is 2. The van der Waals surface area contributed by atoms with Crippen molar-refractivity contribution < 1.29 is 22.7 Å². The fourth-order valence-electron chi connectivity index (χ4n) is 2.41. The minimum Gasteiger partial charge on any atom is -0.468 e. The molecule has 114 valence electrons. The number of Topliss-reactive ketones (excluding diaryl/α,β-unsaturated/α-hetero) is 1. The zero-order valence-electron chi connectivity index (χ0n) is 11.9. The van der Waals surface area contributed by atoms with Crippen LogP contribution >= 0.6 is 0 Å². The number of ether oxygens (including phenoxy) is 1. The van der Waals surface area contributed by atoms with Gasteiger partial charge in [-0.15, -0.1) is 0 Å². The molecule has 0 saturated carbocycles. The predicted molar refractivity (Wildman–Crippen MR) is 75.4 cm³/mol. The Balaban J connectivity index is 2.40. The molecule has 1 atom stereocenters. The lowest BCUT2D eigenvalue weighted by Crippen LogP contribution is -2.41. The summed E-state index contributed by atoms with van der Waals surface area (Å²) in [5.41, 5.74) is 0.324. The first kappa shape index (κ1) is 15.7. The lowest BCUT2D eigenvalue weighted by Gasteiger charge is -2.22. The van der Waals surface area contributed by atoms with Gasteiger partial charge < -0.3 is 4.74 Å². The van der Waals surface area contributed by atoms with Gasteiger partial charge in [-0.25, -0.2) is 8.42 Å². The lowest BCUT2D eigenvalue weighted by atomic mass is 10.2. The Hall–Kier alpha value is -1.73. The molecule has 1 fully saturated rings. The SMILES string of the molecule is COC(=O)C1CCCN1S(=O)(=O)c1cccc(C(C)=O)c1. The molecule has 21 heavy (non-hydrogen) atoms. The number of hydrogen-bond acceptors (Lipinski definition) is 5. The van der Waals surface area contributed by atoms with Crippen molar-refractivity contribution in [2.45, 2.75) is 30.7 Å². The van der Waals surface area contributed by atoms with E-state index in [4.69, 9.17) is 0 Å². The smallest absolute Gasteiger partial charge is 0.324 e. The number of carbonyl (C=O) groups is 2. The van der Waals surface area contributed by atoms with E-state index in [-0.39, 0.29) is 17.2 Å². The second-order valence-electron chi connectivity index (χ2n) is 4.88. The molecule has 0 amide bonds. The summed E-state index contributed by atoms with van der Waals surface area (Å²) in [6.07, 6.45) is 1.05. The molecule has 1 aliphatic rings. The maximum absolute atomic E-state index is 12.6. The van der Waals surface area contributed by atoms with Crippen molar-refractivity contribution in [3.8, 4) is 0 Å². The molecule has 6 nitrogen and oxygen atoms in total. The summed E-state index contributed by atoms with van der Waals surface area (Å²) in [6.45, 7) is 1.64. The molecule has 1 unspecified atom stereocenters. The van der Waals surface area contributed by atoms with Crippen molar-refractivity contribution in [1.29, 1.82) is 0 Å². The zero-order valence-corrected chi connectivity index (χ0v) is 12.7. The highest BCUT2D eigenvalue weighted by molar-refractivity contribution is 7.89. The first-order chi connectivity index (χ1) is 9.87. The van der Waals surface area contributed by atoms with Crippen LogP contribution in [0.25, 0.3) is 0 Å². The normalized spacial score (nSPS) is 19.4. The van der Waals surface area contributed by atoms with Crippen LogP contribution in [-0.4, -0.2) is 44.2 Å². The van der Waals surface area contributed by atoms with Crippen molar-refractivity contribution in [1.82, 2.24) is 4.31 Å². The van der Waals surface area contributed by atoms with Gasteiger partial charge in [0.2, 0.25) is 10.0 Å². The van der Waals surface area contributed by atoms with Crippen LogP contribution in [0.3, 0.4) is 0 Å². The number of esters is 1. The molecule has 1 aromatic rings. The Bertz CT molecular complexity index is 668. The van der Waals surface area contributed by atoms with E-state index < -0.39 is 22.0 Å². The van der Waals surface area contributed by atoms with Gasteiger partial charge in [-0.2, -0.15) is 4.31 Å². The van der Waals surface area contributed by atoms with Crippen LogP contribution in [-0.2, 0) is 19.6 Å². The van der Waals surface area contributed by atoms with Crippen molar-refractivity contribution in [2.24, 2.45) is 0 Å². The van der Waals surface area contributed by atoms with E-state index in [1.807, 2.05) is 0 Å². The van der Waals surface area contributed by atoms with Crippen molar-refractivity contribution in [3.05, 3.63) is 29.8 Å². The molecule has 0 aliphatic carbocycles. The summed E-state index contributed by atoms with van der Waals surface area (Å²) in [5.74, 6) is -0.767. The molecule has 1 heterocycles. The molecule has 0 spiro atoms. The molecule has 7 heteroatoms. The molecule has 2 rings (SSSR count). The Morgan fingerprint density at radius 3 is 2.67 bits per heavy atom. The minimum atomic E-state index is -3.82. The number of nitrogens with zero attached hydrogens (tertiary/aromatic N) is 1. The standard InChI is InChI=1S/C14H17NO5S/c1-10(16)11-5-3-6-12(9-11)21(18,19)15-8-4-7-13(15)14(17)20-2/h3,5-6,9,13H,4,7-8H2,1-2H3. The van der Waals surface area contributed by atoms with Gasteiger partial charge in [0.1, 0.15) is 6.04 Å². The number of rotatable bonds is 4. The molecular formula is C14H17NO5S. The molecule has 0 bridgehead atoms. The molecule has 0 radical (unpaired) electrons. The van der Waals surface area contributed by atoms with Gasteiger partial charge in [0.05, 0.1) is 12.0 Å². The van der Waals surface area contributed by atoms with Crippen LogP contribution in [0.2, 0.25) is 0 Å². The summed E-state index contributed by atoms with van der Waals surface area (Å²) >= 11 is 0. The van der Waals surface area contributed by atoms with Crippen LogP contribution in [0.5, 0.6) is 0 Å². The number of ketones is 1. The molecule has 1 saturated heterocycles. The van der Waals surface area contributed by atoms with Crippen LogP contribution in [0.15, 0.2) is 29.2 Å². The van der Waals surface area contributed by atoms with Crippen LogP contribution in [0.4, 0.5) is 0 Å². The molecule has 1 aliphatic heterocycles. The summed E-state index contributed by atoms with van der Waals surface area (Å²) in [6, 6.07) is 5.05. The van der Waals surface area contributed by atoms with E-state index in [0.717, 1.165) is 4.31 Å². The van der Waals surface area contributed by atoms with Crippen molar-refractivity contribution in [3.63, 3.8) is 0 Å². The molecule has 0 aromatic heterocycles. The lowest BCUT2D eigenvalue weighted by molar-refractivity contribution is -0.144.